The number of nitrogens with zero attached hydrogens (tertiary/aromatic N) is 3. The Morgan fingerprint density at radius 1 is 1.20 bits per heavy atom. The van der Waals surface area contributed by atoms with Gasteiger partial charge >= 0.3 is 5.97 Å². The van der Waals surface area contributed by atoms with Gasteiger partial charge in [-0.1, -0.05) is 24.3 Å². The van der Waals surface area contributed by atoms with Gasteiger partial charge in [-0.05, 0) is 37.1 Å². The number of nitrogens with one attached hydrogen (secondary N) is 1. The number of thiophene rings is 1. The maximum absolute atomic E-state index is 13.4. The first-order chi connectivity index (χ1) is 16.8. The van der Waals surface area contributed by atoms with Crippen LogP contribution in [0.1, 0.15) is 28.5 Å². The van der Waals surface area contributed by atoms with Gasteiger partial charge < -0.3 is 10.1 Å². The monoisotopic (exact) mass is 492 g/mol. The van der Waals surface area contributed by atoms with Gasteiger partial charge in [-0.25, -0.2) is 4.79 Å². The Balaban J connectivity index is 1.74. The lowest BCUT2D eigenvalue weighted by atomic mass is 10.1. The van der Waals surface area contributed by atoms with Crippen LogP contribution < -0.4 is 10.9 Å². The number of nitro benzene ring substituents is 1. The zero-order valence-corrected chi connectivity index (χ0v) is 19.6. The molecule has 2 aromatic heterocycles. The van der Waals surface area contributed by atoms with E-state index >= 15 is 0 Å². The lowest BCUT2D eigenvalue weighted by Gasteiger charge is -2.10. The lowest BCUT2D eigenvalue weighted by Crippen LogP contribution is -2.25. The maximum atomic E-state index is 13.4. The van der Waals surface area contributed by atoms with Crippen LogP contribution in [0, 0.1) is 17.0 Å². The van der Waals surface area contributed by atoms with Crippen molar-refractivity contribution in [1.29, 1.82) is 0 Å². The molecule has 2 aromatic carbocycles. The summed E-state index contributed by atoms with van der Waals surface area (Å²) in [5, 5.41) is 20.1. The zero-order chi connectivity index (χ0) is 25.1. The second-order valence-corrected chi connectivity index (χ2v) is 8.51. The number of fused-ring (bicyclic) bond motifs is 1. The van der Waals surface area contributed by atoms with Crippen molar-refractivity contribution in [2.45, 2.75) is 20.3 Å². The van der Waals surface area contributed by atoms with Crippen molar-refractivity contribution in [2.24, 2.45) is 0 Å². The molecule has 2 heterocycles. The summed E-state index contributed by atoms with van der Waals surface area (Å²) in [4.78, 5) is 49.1. The number of rotatable bonds is 7. The summed E-state index contributed by atoms with van der Waals surface area (Å²) in [7, 11) is 0. The number of esters is 1. The number of hydrogen-bond acceptors (Lipinski definition) is 8. The molecule has 4 aromatic rings. The Morgan fingerprint density at radius 3 is 2.60 bits per heavy atom. The van der Waals surface area contributed by atoms with E-state index in [2.05, 4.69) is 10.4 Å². The average Bonchev–Trinajstić information content (AvgIpc) is 3.23. The van der Waals surface area contributed by atoms with Crippen molar-refractivity contribution in [2.75, 3.05) is 11.9 Å². The Labute approximate surface area is 202 Å². The molecule has 0 saturated carbocycles. The predicted molar refractivity (Wildman–Crippen MR) is 131 cm³/mol. The Bertz CT molecular complexity index is 1510. The van der Waals surface area contributed by atoms with Crippen LogP contribution in [0.5, 0.6) is 0 Å². The molecule has 0 aliphatic heterocycles. The maximum Gasteiger partial charge on any atom is 0.359 e. The minimum atomic E-state index is -0.680. The van der Waals surface area contributed by atoms with E-state index in [9.17, 15) is 24.5 Å². The normalized spacial score (nSPS) is 10.8. The number of ether oxygens (including phenoxy) is 1. The first-order valence-electron chi connectivity index (χ1n) is 10.6. The summed E-state index contributed by atoms with van der Waals surface area (Å²) in [5.41, 5.74) is 1.34. The van der Waals surface area contributed by atoms with Gasteiger partial charge in [-0.2, -0.15) is 9.78 Å². The first kappa shape index (κ1) is 23.8. The third-order valence-corrected chi connectivity index (χ3v) is 6.03. The number of carbonyl (C=O) groups is 2. The minimum Gasteiger partial charge on any atom is -0.461 e. The molecule has 0 aliphatic rings. The van der Waals surface area contributed by atoms with Crippen molar-refractivity contribution in [3.8, 4) is 5.69 Å². The molecule has 11 heteroatoms. The topological polar surface area (TPSA) is 133 Å². The van der Waals surface area contributed by atoms with Gasteiger partial charge in [0.25, 0.3) is 11.2 Å². The van der Waals surface area contributed by atoms with Crippen LogP contribution in [0.25, 0.3) is 16.5 Å². The third-order valence-electron chi connectivity index (χ3n) is 5.13. The van der Waals surface area contributed by atoms with Crippen molar-refractivity contribution in [1.82, 2.24) is 9.78 Å². The van der Waals surface area contributed by atoms with E-state index in [4.69, 9.17) is 4.74 Å². The number of aromatic nitrogens is 2. The number of non-ortho nitro benzene ring substituents is 1. The molecule has 35 heavy (non-hydrogen) atoms. The van der Waals surface area contributed by atoms with Gasteiger partial charge in [0.05, 0.1) is 29.0 Å². The van der Waals surface area contributed by atoms with Crippen LogP contribution in [0.3, 0.4) is 0 Å². The largest absolute Gasteiger partial charge is 0.461 e. The van der Waals surface area contributed by atoms with E-state index in [0.717, 1.165) is 21.6 Å². The highest BCUT2D eigenvalue weighted by molar-refractivity contribution is 7.16. The minimum absolute atomic E-state index is 0.0323. The average molecular weight is 493 g/mol. The van der Waals surface area contributed by atoms with Gasteiger partial charge in [0.2, 0.25) is 5.91 Å². The highest BCUT2D eigenvalue weighted by Crippen LogP contribution is 2.31. The number of nitro groups is 1. The third kappa shape index (κ3) is 4.94. The smallest absolute Gasteiger partial charge is 0.359 e. The van der Waals surface area contributed by atoms with Crippen molar-refractivity contribution in [3.63, 3.8) is 0 Å². The summed E-state index contributed by atoms with van der Waals surface area (Å²) in [5.74, 6) is -1.10. The van der Waals surface area contributed by atoms with Crippen LogP contribution >= 0.6 is 11.3 Å². The molecule has 0 bridgehead atoms. The standard InChI is InChI=1S/C24H20N4O6S/c1-3-34-24(31)21-18-13-35-22(25-19(29)12-15-7-9-16(10-8-15)28(32)33)20(18)23(30)27(26-21)17-6-4-5-14(2)11-17/h4-11,13H,3,12H2,1-2H3,(H,25,29). The molecule has 10 nitrogen and oxygen atoms in total. The van der Waals surface area contributed by atoms with Crippen LogP contribution in [-0.4, -0.2) is 33.2 Å². The molecule has 4 rings (SSSR count). The lowest BCUT2D eigenvalue weighted by molar-refractivity contribution is -0.384. The van der Waals surface area contributed by atoms with E-state index in [1.807, 2.05) is 13.0 Å². The van der Waals surface area contributed by atoms with E-state index in [1.165, 1.54) is 24.3 Å². The van der Waals surface area contributed by atoms with E-state index in [1.54, 1.807) is 30.5 Å². The molecule has 1 N–H and O–H groups in total. The van der Waals surface area contributed by atoms with Crippen LogP contribution in [-0.2, 0) is 16.0 Å². The molecule has 0 unspecified atom stereocenters. The van der Waals surface area contributed by atoms with Crippen LogP contribution in [0.4, 0.5) is 10.7 Å². The van der Waals surface area contributed by atoms with Crippen molar-refractivity contribution >= 4 is 44.7 Å². The number of benzene rings is 2. The molecule has 0 spiro atoms. The molecule has 0 radical (unpaired) electrons. The summed E-state index contributed by atoms with van der Waals surface area (Å²) < 4.78 is 6.26. The van der Waals surface area contributed by atoms with E-state index in [-0.39, 0.29) is 40.2 Å². The second-order valence-electron chi connectivity index (χ2n) is 7.63. The Hall–Kier alpha value is -4.38. The van der Waals surface area contributed by atoms with E-state index < -0.39 is 22.4 Å². The molecular weight excluding hydrogens is 472 g/mol. The Kier molecular flexibility index (Phi) is 6.69. The van der Waals surface area contributed by atoms with Crippen LogP contribution in [0.15, 0.2) is 58.7 Å². The molecule has 1 amide bonds. The van der Waals surface area contributed by atoms with Gasteiger partial charge in [-0.15, -0.1) is 11.3 Å². The highest BCUT2D eigenvalue weighted by atomic mass is 32.1. The molecule has 0 saturated heterocycles. The predicted octanol–water partition coefficient (Wildman–Crippen LogP) is 4.02. The number of anilines is 1. The second kappa shape index (κ2) is 9.85. The quantitative estimate of drug-likeness (QED) is 0.234. The van der Waals surface area contributed by atoms with Gasteiger partial charge in [-0.3, -0.25) is 19.7 Å². The molecule has 0 aliphatic carbocycles. The zero-order valence-electron chi connectivity index (χ0n) is 18.8. The molecule has 0 atom stereocenters. The number of aryl methyl sites for hydroxylation is 1. The summed E-state index contributed by atoms with van der Waals surface area (Å²) in [6, 6.07) is 12.7. The van der Waals surface area contributed by atoms with Crippen molar-refractivity contribution < 1.29 is 19.2 Å². The van der Waals surface area contributed by atoms with Gasteiger partial charge in [0.15, 0.2) is 5.69 Å². The highest BCUT2D eigenvalue weighted by Gasteiger charge is 2.23. The fourth-order valence-corrected chi connectivity index (χ4v) is 4.47. The summed E-state index contributed by atoms with van der Waals surface area (Å²) in [6.07, 6.45) is -0.0563. The number of carbonyl (C=O) groups excluding carboxylic acids is 2. The van der Waals surface area contributed by atoms with Gasteiger partial charge in [0, 0.05) is 22.9 Å². The molecule has 0 fully saturated rings. The fourth-order valence-electron chi connectivity index (χ4n) is 3.52. The fraction of sp³-hybridized carbons (Fsp3) is 0.167. The van der Waals surface area contributed by atoms with E-state index in [0.29, 0.717) is 11.3 Å². The molecular formula is C24H20N4O6S. The number of amides is 1. The summed E-state index contributed by atoms with van der Waals surface area (Å²) >= 11 is 1.10. The SMILES string of the molecule is CCOC(=O)c1nn(-c2cccc(C)c2)c(=O)c2c(NC(=O)Cc3ccc([N+](=O)[O-])cc3)scc12. The van der Waals surface area contributed by atoms with Crippen LogP contribution in [0.2, 0.25) is 0 Å². The first-order valence-corrected chi connectivity index (χ1v) is 11.5. The van der Waals surface area contributed by atoms with Gasteiger partial charge in [0.1, 0.15) is 5.00 Å². The molecule has 178 valence electrons. The Morgan fingerprint density at radius 2 is 1.94 bits per heavy atom. The summed E-state index contributed by atoms with van der Waals surface area (Å²) in [6.45, 7) is 3.67. The van der Waals surface area contributed by atoms with Crippen molar-refractivity contribution in [3.05, 3.63) is 91.2 Å². The number of hydrogen-bond donors (Lipinski definition) is 1.